The van der Waals surface area contributed by atoms with Crippen LogP contribution in [0.15, 0.2) is 0 Å². The van der Waals surface area contributed by atoms with Gasteiger partial charge in [-0.2, -0.15) is 0 Å². The molecule has 2 fully saturated rings. The average Bonchev–Trinajstić information content (AvgIpc) is 3.15. The van der Waals surface area contributed by atoms with E-state index in [1.807, 2.05) is 0 Å². The third-order valence-corrected chi connectivity index (χ3v) is 4.51. The molecule has 0 amide bonds. The van der Waals surface area contributed by atoms with Gasteiger partial charge >= 0.3 is 0 Å². The molecular formula is C16H28N+. The van der Waals surface area contributed by atoms with Crippen LogP contribution >= 0.6 is 0 Å². The maximum absolute atomic E-state index is 3.49. The van der Waals surface area contributed by atoms with Crippen molar-refractivity contribution >= 4 is 0 Å². The third kappa shape index (κ3) is 3.75. The normalized spacial score (nSPS) is 24.8. The van der Waals surface area contributed by atoms with Gasteiger partial charge < -0.3 is 4.48 Å². The highest BCUT2D eigenvalue weighted by Crippen LogP contribution is 2.29. The number of rotatable bonds is 4. The number of nitrogens with zero attached hydrogens (tertiary/aromatic N) is 1. The van der Waals surface area contributed by atoms with Gasteiger partial charge in [-0.05, 0) is 50.9 Å². The Hall–Kier alpha value is -0.480. The Labute approximate surface area is 107 Å². The molecule has 0 radical (unpaired) electrons. The molecule has 1 unspecified atom stereocenters. The lowest BCUT2D eigenvalue weighted by atomic mass is 9.92. The van der Waals surface area contributed by atoms with Gasteiger partial charge in [0.25, 0.3) is 0 Å². The van der Waals surface area contributed by atoms with Gasteiger partial charge in [-0.1, -0.05) is 19.3 Å². The van der Waals surface area contributed by atoms with Crippen molar-refractivity contribution in [1.82, 2.24) is 0 Å². The molecule has 0 saturated heterocycles. The van der Waals surface area contributed by atoms with Crippen molar-refractivity contribution in [1.29, 1.82) is 0 Å². The van der Waals surface area contributed by atoms with Crippen molar-refractivity contribution in [3.63, 3.8) is 0 Å². The summed E-state index contributed by atoms with van der Waals surface area (Å²) in [6, 6.07) is 0.886. The van der Waals surface area contributed by atoms with Crippen LogP contribution in [0.2, 0.25) is 0 Å². The van der Waals surface area contributed by atoms with Crippen LogP contribution in [0.4, 0.5) is 0 Å². The topological polar surface area (TPSA) is 0 Å². The lowest BCUT2D eigenvalue weighted by molar-refractivity contribution is -0.928. The van der Waals surface area contributed by atoms with E-state index in [0.717, 1.165) is 18.5 Å². The fourth-order valence-corrected chi connectivity index (χ4v) is 3.20. The van der Waals surface area contributed by atoms with Gasteiger partial charge in [0, 0.05) is 5.92 Å². The monoisotopic (exact) mass is 234 g/mol. The van der Waals surface area contributed by atoms with Crippen molar-refractivity contribution in [3.05, 3.63) is 0 Å². The summed E-state index contributed by atoms with van der Waals surface area (Å²) in [4.78, 5) is 0. The summed E-state index contributed by atoms with van der Waals surface area (Å²) in [7, 11) is 2.45. The maximum Gasteiger partial charge on any atom is 0.140 e. The van der Waals surface area contributed by atoms with Crippen molar-refractivity contribution in [3.8, 4) is 11.8 Å². The molecule has 0 bridgehead atoms. The minimum absolute atomic E-state index is 0.761. The molecule has 0 aromatic rings. The van der Waals surface area contributed by atoms with E-state index < -0.39 is 0 Å². The fourth-order valence-electron chi connectivity index (χ4n) is 3.20. The molecule has 0 aliphatic heterocycles. The summed E-state index contributed by atoms with van der Waals surface area (Å²) in [5.41, 5.74) is 0. The predicted octanol–water partition coefficient (Wildman–Crippen LogP) is 3.59. The van der Waals surface area contributed by atoms with E-state index in [9.17, 15) is 0 Å². The van der Waals surface area contributed by atoms with Crippen LogP contribution in [0.5, 0.6) is 0 Å². The predicted molar refractivity (Wildman–Crippen MR) is 73.6 cm³/mol. The Kier molecular flexibility index (Phi) is 4.51. The highest BCUT2D eigenvalue weighted by atomic mass is 15.3. The van der Waals surface area contributed by atoms with Crippen LogP contribution in [0.25, 0.3) is 0 Å². The van der Waals surface area contributed by atoms with E-state index in [1.165, 1.54) is 62.4 Å². The van der Waals surface area contributed by atoms with E-state index in [1.54, 1.807) is 0 Å². The molecule has 2 saturated carbocycles. The van der Waals surface area contributed by atoms with E-state index >= 15 is 0 Å². The van der Waals surface area contributed by atoms with Gasteiger partial charge in [0.2, 0.25) is 0 Å². The van der Waals surface area contributed by atoms with Crippen LogP contribution in [-0.2, 0) is 0 Å². The van der Waals surface area contributed by atoms with E-state index in [4.69, 9.17) is 0 Å². The van der Waals surface area contributed by atoms with Crippen LogP contribution in [-0.4, -0.2) is 30.7 Å². The number of quaternary nitrogens is 1. The van der Waals surface area contributed by atoms with Gasteiger partial charge in [-0.25, -0.2) is 0 Å². The highest BCUT2D eigenvalue weighted by molar-refractivity contribution is 5.09. The van der Waals surface area contributed by atoms with Gasteiger partial charge in [-0.15, -0.1) is 0 Å². The smallest absolute Gasteiger partial charge is 0.140 e. The Morgan fingerprint density at radius 2 is 1.76 bits per heavy atom. The summed E-state index contributed by atoms with van der Waals surface area (Å²) in [5, 5.41) is 0. The quantitative estimate of drug-likeness (QED) is 0.515. The molecule has 2 aliphatic carbocycles. The second-order valence-corrected chi connectivity index (χ2v) is 6.25. The van der Waals surface area contributed by atoms with E-state index in [0.29, 0.717) is 0 Å². The molecule has 1 nitrogen and oxygen atoms in total. The van der Waals surface area contributed by atoms with Crippen LogP contribution in [0, 0.1) is 17.8 Å². The van der Waals surface area contributed by atoms with Crippen LogP contribution in [0.1, 0.15) is 58.3 Å². The summed E-state index contributed by atoms with van der Waals surface area (Å²) >= 11 is 0. The molecule has 0 aromatic heterocycles. The summed E-state index contributed by atoms with van der Waals surface area (Å²) in [6.07, 6.45) is 11.2. The maximum atomic E-state index is 3.49. The summed E-state index contributed by atoms with van der Waals surface area (Å²) in [6.45, 7) is 4.71. The first-order valence-electron chi connectivity index (χ1n) is 7.57. The minimum atomic E-state index is 0.761. The molecule has 17 heavy (non-hydrogen) atoms. The molecule has 2 rings (SSSR count). The van der Waals surface area contributed by atoms with Crippen LogP contribution in [0.3, 0.4) is 0 Å². The molecule has 2 aliphatic rings. The van der Waals surface area contributed by atoms with Crippen molar-refractivity contribution in [2.45, 2.75) is 64.3 Å². The minimum Gasteiger partial charge on any atom is -0.314 e. The van der Waals surface area contributed by atoms with Gasteiger partial charge in [-0.3, -0.25) is 0 Å². The SMILES string of the molecule is CCC[N+](C)(CC#CC1CC1)C1CCCCC1. The lowest BCUT2D eigenvalue weighted by Crippen LogP contribution is -2.53. The lowest BCUT2D eigenvalue weighted by Gasteiger charge is -2.42. The molecule has 0 aromatic carbocycles. The van der Waals surface area contributed by atoms with Crippen molar-refractivity contribution in [2.24, 2.45) is 5.92 Å². The van der Waals surface area contributed by atoms with Crippen molar-refractivity contribution < 1.29 is 4.48 Å². The zero-order chi connectivity index (χ0) is 12.1. The van der Waals surface area contributed by atoms with Gasteiger partial charge in [0.1, 0.15) is 6.54 Å². The zero-order valence-corrected chi connectivity index (χ0v) is 11.7. The standard InChI is InChI=1S/C16H28N/c1-3-13-17(2,14-7-8-15-11-12-15)16-9-5-4-6-10-16/h15-16H,3-6,9-14H2,1-2H3/q+1. The molecule has 0 N–H and O–H groups in total. The Morgan fingerprint density at radius 1 is 1.06 bits per heavy atom. The van der Waals surface area contributed by atoms with Gasteiger partial charge in [0.15, 0.2) is 0 Å². The first-order chi connectivity index (χ1) is 8.24. The molecule has 1 heteroatoms. The molecular weight excluding hydrogens is 206 g/mol. The first-order valence-corrected chi connectivity index (χ1v) is 7.57. The first kappa shape index (κ1) is 13.0. The van der Waals surface area contributed by atoms with E-state index in [-0.39, 0.29) is 0 Å². The largest absolute Gasteiger partial charge is 0.314 e. The Morgan fingerprint density at radius 3 is 2.35 bits per heavy atom. The second kappa shape index (κ2) is 5.91. The molecule has 0 heterocycles. The molecule has 1 atom stereocenters. The number of hydrogen-bond acceptors (Lipinski definition) is 0. The number of hydrogen-bond donors (Lipinski definition) is 0. The third-order valence-electron chi connectivity index (χ3n) is 4.51. The van der Waals surface area contributed by atoms with Crippen molar-refractivity contribution in [2.75, 3.05) is 20.1 Å². The Bertz CT molecular complexity index is 288. The average molecular weight is 234 g/mol. The summed E-state index contributed by atoms with van der Waals surface area (Å²) in [5.74, 6) is 7.70. The highest BCUT2D eigenvalue weighted by Gasteiger charge is 2.32. The molecule has 0 spiro atoms. The second-order valence-electron chi connectivity index (χ2n) is 6.25. The Balaban J connectivity index is 1.93. The fraction of sp³-hybridized carbons (Fsp3) is 0.875. The summed E-state index contributed by atoms with van der Waals surface area (Å²) < 4.78 is 1.22. The molecule has 96 valence electrons. The van der Waals surface area contributed by atoms with E-state index in [2.05, 4.69) is 25.8 Å². The van der Waals surface area contributed by atoms with Gasteiger partial charge in [0.05, 0.1) is 19.6 Å². The zero-order valence-electron chi connectivity index (χ0n) is 11.7. The van der Waals surface area contributed by atoms with Crippen LogP contribution < -0.4 is 0 Å².